The number of carbonyl (C=O) groups is 1. The summed E-state index contributed by atoms with van der Waals surface area (Å²) >= 11 is 0. The molecule has 0 aromatic heterocycles. The average Bonchev–Trinajstić information content (AvgIpc) is 2.41. The Morgan fingerprint density at radius 1 is 1.24 bits per heavy atom. The van der Waals surface area contributed by atoms with Crippen molar-refractivity contribution in [1.29, 1.82) is 0 Å². The van der Waals surface area contributed by atoms with Gasteiger partial charge < -0.3 is 20.3 Å². The van der Waals surface area contributed by atoms with Crippen molar-refractivity contribution >= 4 is 6.03 Å². The van der Waals surface area contributed by atoms with Crippen molar-refractivity contribution in [2.75, 3.05) is 40.3 Å². The van der Waals surface area contributed by atoms with Crippen LogP contribution in [0.3, 0.4) is 0 Å². The van der Waals surface area contributed by atoms with Gasteiger partial charge in [0.15, 0.2) is 11.6 Å². The zero-order valence-electron chi connectivity index (χ0n) is 12.3. The molecule has 0 heterocycles. The van der Waals surface area contributed by atoms with Gasteiger partial charge in [0.1, 0.15) is 12.4 Å². The molecule has 1 aromatic rings. The number of nitrogens with one attached hydrogen (secondary N) is 2. The number of hydrogen-bond donors (Lipinski definition) is 2. The fourth-order valence-electron chi connectivity index (χ4n) is 1.58. The highest BCUT2D eigenvalue weighted by atomic mass is 19.1. The normalized spacial score (nSPS) is 10.5. The fourth-order valence-corrected chi connectivity index (χ4v) is 1.58. The van der Waals surface area contributed by atoms with Crippen molar-refractivity contribution in [1.82, 2.24) is 15.5 Å². The molecule has 0 radical (unpaired) electrons. The van der Waals surface area contributed by atoms with Gasteiger partial charge in [-0.05, 0) is 39.2 Å². The van der Waals surface area contributed by atoms with Crippen LogP contribution in [0, 0.1) is 11.6 Å². The van der Waals surface area contributed by atoms with Crippen molar-refractivity contribution in [3.05, 3.63) is 29.8 Å². The maximum Gasteiger partial charge on any atom is 0.314 e. The minimum Gasteiger partial charge on any atom is -0.489 e. The van der Waals surface area contributed by atoms with E-state index < -0.39 is 11.6 Å². The van der Waals surface area contributed by atoms with Gasteiger partial charge >= 0.3 is 6.03 Å². The third kappa shape index (κ3) is 7.45. The van der Waals surface area contributed by atoms with E-state index in [1.54, 1.807) is 0 Å². The van der Waals surface area contributed by atoms with Gasteiger partial charge in [0, 0.05) is 12.6 Å². The number of amides is 2. The van der Waals surface area contributed by atoms with Crippen LogP contribution in [0.5, 0.6) is 5.75 Å². The molecule has 1 aromatic carbocycles. The molecule has 2 amide bonds. The third-order valence-electron chi connectivity index (χ3n) is 2.61. The minimum absolute atomic E-state index is 0.0374. The average molecular weight is 301 g/mol. The Balaban J connectivity index is 2.12. The molecular formula is C14H21F2N3O2. The van der Waals surface area contributed by atoms with Crippen molar-refractivity contribution in [3.63, 3.8) is 0 Å². The van der Waals surface area contributed by atoms with Crippen molar-refractivity contribution < 1.29 is 18.3 Å². The van der Waals surface area contributed by atoms with Gasteiger partial charge in [-0.3, -0.25) is 0 Å². The number of carbonyl (C=O) groups excluding carboxylic acids is 1. The molecule has 0 spiro atoms. The highest BCUT2D eigenvalue weighted by Gasteiger charge is 2.05. The lowest BCUT2D eigenvalue weighted by Gasteiger charge is -2.11. The molecule has 0 aliphatic carbocycles. The van der Waals surface area contributed by atoms with E-state index in [0.29, 0.717) is 6.54 Å². The van der Waals surface area contributed by atoms with Gasteiger partial charge in [0.05, 0.1) is 6.54 Å². The molecule has 7 heteroatoms. The Kier molecular flexibility index (Phi) is 7.45. The molecule has 5 nitrogen and oxygen atoms in total. The van der Waals surface area contributed by atoms with Gasteiger partial charge in [-0.25, -0.2) is 13.6 Å². The van der Waals surface area contributed by atoms with Crippen LogP contribution in [0.25, 0.3) is 0 Å². The molecule has 0 saturated carbocycles. The summed E-state index contributed by atoms with van der Waals surface area (Å²) in [6.45, 7) is 1.81. The Hall–Kier alpha value is -1.89. The molecule has 21 heavy (non-hydrogen) atoms. The van der Waals surface area contributed by atoms with Gasteiger partial charge in [0.2, 0.25) is 0 Å². The van der Waals surface area contributed by atoms with Gasteiger partial charge in [-0.2, -0.15) is 0 Å². The number of nitrogens with zero attached hydrogens (tertiary/aromatic N) is 1. The summed E-state index contributed by atoms with van der Waals surface area (Å²) in [5, 5.41) is 5.29. The van der Waals surface area contributed by atoms with Crippen LogP contribution in [-0.4, -0.2) is 51.3 Å². The predicted octanol–water partition coefficient (Wildman–Crippen LogP) is 1.59. The van der Waals surface area contributed by atoms with Crippen molar-refractivity contribution in [2.45, 2.75) is 6.42 Å². The Morgan fingerprint density at radius 2 is 1.95 bits per heavy atom. The quantitative estimate of drug-likeness (QED) is 0.717. The highest BCUT2D eigenvalue weighted by molar-refractivity contribution is 5.73. The molecule has 0 aliphatic heterocycles. The number of urea groups is 1. The number of hydrogen-bond acceptors (Lipinski definition) is 3. The lowest BCUT2D eigenvalue weighted by atomic mass is 10.3. The summed E-state index contributed by atoms with van der Waals surface area (Å²) < 4.78 is 31.0. The Bertz CT molecular complexity index is 456. The Morgan fingerprint density at radius 3 is 2.62 bits per heavy atom. The summed E-state index contributed by atoms with van der Waals surface area (Å²) in [7, 11) is 3.93. The molecule has 0 saturated heterocycles. The first kappa shape index (κ1) is 17.2. The molecule has 0 aliphatic rings. The molecule has 118 valence electrons. The standard InChI is InChI=1S/C14H21F2N3O2/c1-19(2)8-3-6-17-14(20)18-7-9-21-13-5-4-11(15)10-12(13)16/h4-5,10H,3,6-9H2,1-2H3,(H2,17,18,20). The third-order valence-corrected chi connectivity index (χ3v) is 2.61. The van der Waals surface area contributed by atoms with Crippen LogP contribution < -0.4 is 15.4 Å². The van der Waals surface area contributed by atoms with Crippen LogP contribution in [0.2, 0.25) is 0 Å². The molecule has 2 N–H and O–H groups in total. The van der Waals surface area contributed by atoms with Crippen LogP contribution in [0.15, 0.2) is 18.2 Å². The molecule has 0 unspecified atom stereocenters. The van der Waals surface area contributed by atoms with E-state index in [4.69, 9.17) is 4.74 Å². The van der Waals surface area contributed by atoms with Gasteiger partial charge in [-0.1, -0.05) is 0 Å². The smallest absolute Gasteiger partial charge is 0.314 e. The molecule has 0 bridgehead atoms. The van der Waals surface area contributed by atoms with E-state index in [-0.39, 0.29) is 24.9 Å². The number of rotatable bonds is 8. The van der Waals surface area contributed by atoms with Crippen molar-refractivity contribution in [2.24, 2.45) is 0 Å². The SMILES string of the molecule is CN(C)CCCNC(=O)NCCOc1ccc(F)cc1F. The van der Waals surface area contributed by atoms with Crippen LogP contribution >= 0.6 is 0 Å². The second-order valence-corrected chi connectivity index (χ2v) is 4.76. The second kappa shape index (κ2) is 9.12. The summed E-state index contributed by atoms with van der Waals surface area (Å²) in [6, 6.07) is 2.78. The van der Waals surface area contributed by atoms with E-state index in [1.165, 1.54) is 6.07 Å². The number of benzene rings is 1. The van der Waals surface area contributed by atoms with Gasteiger partial charge in [-0.15, -0.1) is 0 Å². The first-order chi connectivity index (χ1) is 9.99. The van der Waals surface area contributed by atoms with E-state index in [0.717, 1.165) is 25.1 Å². The topological polar surface area (TPSA) is 53.6 Å². The van der Waals surface area contributed by atoms with E-state index in [9.17, 15) is 13.6 Å². The van der Waals surface area contributed by atoms with Crippen LogP contribution in [0.1, 0.15) is 6.42 Å². The monoisotopic (exact) mass is 301 g/mol. The first-order valence-electron chi connectivity index (χ1n) is 6.73. The Labute approximate surface area is 123 Å². The predicted molar refractivity (Wildman–Crippen MR) is 76.4 cm³/mol. The van der Waals surface area contributed by atoms with E-state index in [2.05, 4.69) is 10.6 Å². The molecular weight excluding hydrogens is 280 g/mol. The number of halogens is 2. The molecule has 0 atom stereocenters. The van der Waals surface area contributed by atoms with E-state index >= 15 is 0 Å². The van der Waals surface area contributed by atoms with Crippen molar-refractivity contribution in [3.8, 4) is 5.75 Å². The maximum absolute atomic E-state index is 13.2. The summed E-state index contributed by atoms with van der Waals surface area (Å²) in [4.78, 5) is 13.4. The second-order valence-electron chi connectivity index (χ2n) is 4.76. The highest BCUT2D eigenvalue weighted by Crippen LogP contribution is 2.17. The zero-order valence-corrected chi connectivity index (χ0v) is 12.3. The molecule has 1 rings (SSSR count). The van der Waals surface area contributed by atoms with Crippen LogP contribution in [-0.2, 0) is 0 Å². The summed E-state index contributed by atoms with van der Waals surface area (Å²) in [6.07, 6.45) is 0.859. The summed E-state index contributed by atoms with van der Waals surface area (Å²) in [5.41, 5.74) is 0. The summed E-state index contributed by atoms with van der Waals surface area (Å²) in [5.74, 6) is -1.46. The zero-order chi connectivity index (χ0) is 15.7. The first-order valence-corrected chi connectivity index (χ1v) is 6.73. The minimum atomic E-state index is -0.761. The largest absolute Gasteiger partial charge is 0.489 e. The maximum atomic E-state index is 13.2. The number of ether oxygens (including phenoxy) is 1. The fraction of sp³-hybridized carbons (Fsp3) is 0.500. The van der Waals surface area contributed by atoms with E-state index in [1.807, 2.05) is 19.0 Å². The lowest BCUT2D eigenvalue weighted by Crippen LogP contribution is -2.38. The van der Waals surface area contributed by atoms with Crippen LogP contribution in [0.4, 0.5) is 13.6 Å². The lowest BCUT2D eigenvalue weighted by molar-refractivity contribution is 0.235. The van der Waals surface area contributed by atoms with Gasteiger partial charge in [0.25, 0.3) is 0 Å². The molecule has 0 fully saturated rings.